The molecule has 6 heteroatoms. The van der Waals surface area contributed by atoms with Gasteiger partial charge in [-0.15, -0.1) is 0 Å². The van der Waals surface area contributed by atoms with Crippen molar-refractivity contribution in [2.45, 2.75) is 26.4 Å². The molecular weight excluding hydrogens is 324 g/mol. The summed E-state index contributed by atoms with van der Waals surface area (Å²) < 4.78 is 6.03. The first kappa shape index (κ1) is 15.6. The lowest BCUT2D eigenvalue weighted by Gasteiger charge is -2.22. The summed E-state index contributed by atoms with van der Waals surface area (Å²) in [5, 5.41) is 0.489. The number of pyridine rings is 1. The molecule has 4 rings (SSSR count). The minimum Gasteiger partial charge on any atom is -0.489 e. The Morgan fingerprint density at radius 2 is 1.88 bits per heavy atom. The quantitative estimate of drug-likeness (QED) is 0.779. The van der Waals surface area contributed by atoms with Gasteiger partial charge in [0.05, 0.1) is 12.3 Å². The van der Waals surface area contributed by atoms with Crippen LogP contribution in [0.25, 0.3) is 0 Å². The summed E-state index contributed by atoms with van der Waals surface area (Å²) in [7, 11) is 0. The average Bonchev–Trinajstić information content (AvgIpc) is 3.11. The molecule has 3 unspecified atom stereocenters. The second-order valence-corrected chi connectivity index (χ2v) is 7.08. The third kappa shape index (κ3) is 2.93. The van der Waals surface area contributed by atoms with Crippen LogP contribution in [-0.4, -0.2) is 34.1 Å². The molecule has 0 aromatic carbocycles. The van der Waals surface area contributed by atoms with Crippen molar-refractivity contribution in [3.05, 3.63) is 41.4 Å². The lowest BCUT2D eigenvalue weighted by Crippen LogP contribution is -2.29. The Morgan fingerprint density at radius 1 is 1.17 bits per heavy atom. The van der Waals surface area contributed by atoms with E-state index in [4.69, 9.17) is 16.3 Å². The van der Waals surface area contributed by atoms with Gasteiger partial charge in [0.2, 0.25) is 5.95 Å². The third-order valence-corrected chi connectivity index (χ3v) is 5.43. The molecule has 0 spiro atoms. The van der Waals surface area contributed by atoms with E-state index in [2.05, 4.69) is 33.7 Å². The fourth-order valence-corrected chi connectivity index (χ4v) is 3.96. The van der Waals surface area contributed by atoms with E-state index in [1.165, 1.54) is 5.56 Å². The largest absolute Gasteiger partial charge is 0.489 e. The predicted molar refractivity (Wildman–Crippen MR) is 93.4 cm³/mol. The molecule has 2 aromatic rings. The van der Waals surface area contributed by atoms with Crippen LogP contribution in [0.5, 0.6) is 5.75 Å². The molecule has 126 valence electrons. The van der Waals surface area contributed by atoms with Crippen LogP contribution in [0.2, 0.25) is 5.15 Å². The summed E-state index contributed by atoms with van der Waals surface area (Å²) in [6.07, 6.45) is 6.72. The van der Waals surface area contributed by atoms with Crippen molar-refractivity contribution in [3.63, 3.8) is 0 Å². The maximum absolute atomic E-state index is 6.03. The molecule has 0 bridgehead atoms. The molecule has 3 heterocycles. The summed E-state index contributed by atoms with van der Waals surface area (Å²) in [4.78, 5) is 15.3. The standard InChI is InChI=1S/C18H21ClN4O/c1-3-12-6-21-18(22-7-12)23-9-14-15(10-23)17(14)11(2)24-13-4-5-16(19)20-8-13/h4-8,11,14-15,17H,3,9-10H2,1-2H3. The lowest BCUT2D eigenvalue weighted by atomic mass is 10.1. The zero-order chi connectivity index (χ0) is 16.7. The molecule has 2 aromatic heterocycles. The average molecular weight is 345 g/mol. The minimum atomic E-state index is 0.188. The van der Waals surface area contributed by atoms with E-state index in [-0.39, 0.29) is 6.10 Å². The Morgan fingerprint density at radius 3 is 2.46 bits per heavy atom. The number of halogens is 1. The van der Waals surface area contributed by atoms with Crippen LogP contribution in [0, 0.1) is 17.8 Å². The minimum absolute atomic E-state index is 0.188. The van der Waals surface area contributed by atoms with Gasteiger partial charge in [-0.1, -0.05) is 18.5 Å². The van der Waals surface area contributed by atoms with Crippen molar-refractivity contribution in [2.24, 2.45) is 17.8 Å². The molecule has 0 amide bonds. The lowest BCUT2D eigenvalue weighted by molar-refractivity contribution is 0.182. The van der Waals surface area contributed by atoms with Gasteiger partial charge in [0.25, 0.3) is 0 Å². The molecule has 1 aliphatic heterocycles. The monoisotopic (exact) mass is 344 g/mol. The zero-order valence-electron chi connectivity index (χ0n) is 13.9. The molecule has 24 heavy (non-hydrogen) atoms. The van der Waals surface area contributed by atoms with Gasteiger partial charge >= 0.3 is 0 Å². The summed E-state index contributed by atoms with van der Waals surface area (Å²) >= 11 is 5.81. The maximum Gasteiger partial charge on any atom is 0.225 e. The van der Waals surface area contributed by atoms with Gasteiger partial charge in [-0.2, -0.15) is 0 Å². The SMILES string of the molecule is CCc1cnc(N2CC3C(C2)C3C(C)Oc2ccc(Cl)nc2)nc1. The molecule has 5 nitrogen and oxygen atoms in total. The number of piperidine rings is 1. The molecular formula is C18H21ClN4O. The van der Waals surface area contributed by atoms with Crippen LogP contribution in [0.4, 0.5) is 5.95 Å². The second kappa shape index (κ2) is 6.20. The molecule has 3 atom stereocenters. The van der Waals surface area contributed by atoms with Gasteiger partial charge < -0.3 is 9.64 Å². The number of rotatable bonds is 5. The molecule has 1 saturated heterocycles. The molecule has 1 aliphatic carbocycles. The Balaban J connectivity index is 1.33. The second-order valence-electron chi connectivity index (χ2n) is 6.69. The first-order chi connectivity index (χ1) is 11.7. The zero-order valence-corrected chi connectivity index (χ0v) is 14.6. The van der Waals surface area contributed by atoms with E-state index < -0.39 is 0 Å². The topological polar surface area (TPSA) is 51.1 Å². The van der Waals surface area contributed by atoms with Gasteiger partial charge in [0, 0.05) is 31.4 Å². The van der Waals surface area contributed by atoms with E-state index in [0.29, 0.717) is 22.9 Å². The normalized spacial score (nSPS) is 26.1. The van der Waals surface area contributed by atoms with E-state index >= 15 is 0 Å². The molecule has 0 N–H and O–H groups in total. The van der Waals surface area contributed by atoms with Crippen LogP contribution >= 0.6 is 11.6 Å². The van der Waals surface area contributed by atoms with Crippen molar-refractivity contribution < 1.29 is 4.74 Å². The van der Waals surface area contributed by atoms with Crippen molar-refractivity contribution in [1.29, 1.82) is 0 Å². The van der Waals surface area contributed by atoms with E-state index in [9.17, 15) is 0 Å². The van der Waals surface area contributed by atoms with Crippen molar-refractivity contribution in [1.82, 2.24) is 15.0 Å². The Hall–Kier alpha value is -1.88. The van der Waals surface area contributed by atoms with Gasteiger partial charge in [0.15, 0.2) is 0 Å². The van der Waals surface area contributed by atoms with E-state index in [1.807, 2.05) is 18.5 Å². The van der Waals surface area contributed by atoms with Crippen LogP contribution in [0.1, 0.15) is 19.4 Å². The van der Waals surface area contributed by atoms with Gasteiger partial charge in [-0.25, -0.2) is 15.0 Å². The Labute approximate surface area is 147 Å². The van der Waals surface area contributed by atoms with E-state index in [1.54, 1.807) is 12.3 Å². The molecule has 2 aliphatic rings. The Bertz CT molecular complexity index is 694. The van der Waals surface area contributed by atoms with Crippen molar-refractivity contribution >= 4 is 17.5 Å². The van der Waals surface area contributed by atoms with Crippen LogP contribution in [0.3, 0.4) is 0 Å². The van der Waals surface area contributed by atoms with E-state index in [0.717, 1.165) is 31.2 Å². The summed E-state index contributed by atoms with van der Waals surface area (Å²) in [6.45, 7) is 6.31. The fraction of sp³-hybridized carbons (Fsp3) is 0.500. The van der Waals surface area contributed by atoms with Crippen molar-refractivity contribution in [3.8, 4) is 5.75 Å². The number of anilines is 1. The highest BCUT2D eigenvalue weighted by Gasteiger charge is 2.59. The number of hydrogen-bond acceptors (Lipinski definition) is 5. The fourth-order valence-electron chi connectivity index (χ4n) is 3.85. The first-order valence-corrected chi connectivity index (χ1v) is 8.87. The number of fused-ring (bicyclic) bond motifs is 1. The van der Waals surface area contributed by atoms with Gasteiger partial charge in [0.1, 0.15) is 10.9 Å². The summed E-state index contributed by atoms with van der Waals surface area (Å²) in [5.41, 5.74) is 1.18. The van der Waals surface area contributed by atoms with Crippen LogP contribution in [0.15, 0.2) is 30.7 Å². The highest BCUT2D eigenvalue weighted by Crippen LogP contribution is 2.54. The van der Waals surface area contributed by atoms with Crippen LogP contribution in [-0.2, 0) is 6.42 Å². The summed E-state index contributed by atoms with van der Waals surface area (Å²) in [6, 6.07) is 3.63. The first-order valence-electron chi connectivity index (χ1n) is 8.49. The smallest absolute Gasteiger partial charge is 0.225 e. The molecule has 1 saturated carbocycles. The predicted octanol–water partition coefficient (Wildman–Crippen LogP) is 3.24. The van der Waals surface area contributed by atoms with Crippen LogP contribution < -0.4 is 9.64 Å². The maximum atomic E-state index is 6.03. The Kier molecular flexibility index (Phi) is 4.04. The number of hydrogen-bond donors (Lipinski definition) is 0. The summed E-state index contributed by atoms with van der Waals surface area (Å²) in [5.74, 6) is 3.59. The third-order valence-electron chi connectivity index (χ3n) is 5.21. The molecule has 0 radical (unpaired) electrons. The van der Waals surface area contributed by atoms with Crippen molar-refractivity contribution in [2.75, 3.05) is 18.0 Å². The number of aromatic nitrogens is 3. The number of ether oxygens (including phenoxy) is 1. The highest BCUT2D eigenvalue weighted by atomic mass is 35.5. The van der Waals surface area contributed by atoms with Gasteiger partial charge in [-0.3, -0.25) is 0 Å². The van der Waals surface area contributed by atoms with Gasteiger partial charge in [-0.05, 0) is 42.9 Å². The highest BCUT2D eigenvalue weighted by molar-refractivity contribution is 6.29. The number of nitrogens with zero attached hydrogens (tertiary/aromatic N) is 4. The number of aryl methyl sites for hydroxylation is 1. The molecule has 2 fully saturated rings.